The predicted octanol–water partition coefficient (Wildman–Crippen LogP) is 2.71. The number of carboxylic acid groups (broad SMARTS) is 1. The molecule has 2 rings (SSSR count). The smallest absolute Gasteiger partial charge is 0.337 e. The Hall–Kier alpha value is -1.58. The van der Waals surface area contributed by atoms with Crippen LogP contribution in [-0.2, 0) is 0 Å². The highest BCUT2D eigenvalue weighted by Crippen LogP contribution is 2.32. The van der Waals surface area contributed by atoms with Gasteiger partial charge in [-0.05, 0) is 51.2 Å². The van der Waals surface area contributed by atoms with E-state index in [-0.39, 0.29) is 5.56 Å². The molecule has 0 spiro atoms. The molecule has 1 aliphatic rings. The predicted molar refractivity (Wildman–Crippen MR) is 71.1 cm³/mol. The number of aromatic nitrogens is 1. The van der Waals surface area contributed by atoms with E-state index < -0.39 is 5.97 Å². The summed E-state index contributed by atoms with van der Waals surface area (Å²) in [6, 6.07) is 2.08. The van der Waals surface area contributed by atoms with Gasteiger partial charge in [-0.2, -0.15) is 0 Å². The van der Waals surface area contributed by atoms with Crippen molar-refractivity contribution in [3.63, 3.8) is 0 Å². The molecule has 1 N–H and O–H groups in total. The summed E-state index contributed by atoms with van der Waals surface area (Å²) in [4.78, 5) is 17.5. The molecule has 1 aliphatic carbocycles. The zero-order chi connectivity index (χ0) is 13.3. The molecule has 1 aromatic heterocycles. The number of aromatic carboxylic acids is 1. The van der Waals surface area contributed by atoms with Crippen LogP contribution in [-0.4, -0.2) is 28.6 Å². The van der Waals surface area contributed by atoms with E-state index in [0.717, 1.165) is 23.8 Å². The Balaban J connectivity index is 2.26. The highest BCUT2D eigenvalue weighted by molar-refractivity contribution is 5.87. The van der Waals surface area contributed by atoms with Crippen LogP contribution in [0.1, 0.15) is 42.6 Å². The number of hydrogen-bond donors (Lipinski definition) is 1. The van der Waals surface area contributed by atoms with E-state index in [4.69, 9.17) is 5.11 Å². The average Bonchev–Trinajstić information content (AvgIpc) is 3.09. The molecule has 18 heavy (non-hydrogen) atoms. The summed E-state index contributed by atoms with van der Waals surface area (Å²) in [6.45, 7) is 7.25. The summed E-state index contributed by atoms with van der Waals surface area (Å²) < 4.78 is 0. The summed E-state index contributed by atoms with van der Waals surface area (Å²) in [5.74, 6) is 0.782. The van der Waals surface area contributed by atoms with Gasteiger partial charge in [-0.1, -0.05) is 0 Å². The number of aryl methyl sites for hydroxylation is 1. The van der Waals surface area contributed by atoms with Crippen molar-refractivity contribution in [3.05, 3.63) is 23.4 Å². The first-order valence-corrected chi connectivity index (χ1v) is 6.45. The van der Waals surface area contributed by atoms with E-state index >= 15 is 0 Å². The minimum absolute atomic E-state index is 0.256. The SMILES string of the molecule is Cc1cc(C(=O)O)cnc1N(CC1CC1)C(C)C. The number of nitrogens with zero attached hydrogens (tertiary/aromatic N) is 2. The summed E-state index contributed by atoms with van der Waals surface area (Å²) >= 11 is 0. The lowest BCUT2D eigenvalue weighted by Crippen LogP contribution is -2.34. The number of carbonyl (C=O) groups is 1. The summed E-state index contributed by atoms with van der Waals surface area (Å²) in [7, 11) is 0. The Morgan fingerprint density at radius 2 is 2.22 bits per heavy atom. The molecule has 1 saturated carbocycles. The Kier molecular flexibility index (Phi) is 3.55. The lowest BCUT2D eigenvalue weighted by atomic mass is 10.1. The first-order chi connectivity index (χ1) is 8.49. The maximum absolute atomic E-state index is 10.9. The minimum atomic E-state index is -0.921. The first kappa shape index (κ1) is 12.9. The monoisotopic (exact) mass is 248 g/mol. The highest BCUT2D eigenvalue weighted by Gasteiger charge is 2.27. The Labute approximate surface area is 108 Å². The van der Waals surface area contributed by atoms with Crippen LogP contribution in [0, 0.1) is 12.8 Å². The molecule has 4 nitrogen and oxygen atoms in total. The molecule has 1 heterocycles. The van der Waals surface area contributed by atoms with Gasteiger partial charge < -0.3 is 10.0 Å². The second-order valence-electron chi connectivity index (χ2n) is 5.36. The molecule has 4 heteroatoms. The summed E-state index contributed by atoms with van der Waals surface area (Å²) in [5.41, 5.74) is 1.19. The number of hydrogen-bond acceptors (Lipinski definition) is 3. The zero-order valence-electron chi connectivity index (χ0n) is 11.2. The second-order valence-corrected chi connectivity index (χ2v) is 5.36. The van der Waals surface area contributed by atoms with Gasteiger partial charge in [0.15, 0.2) is 0 Å². The fourth-order valence-electron chi connectivity index (χ4n) is 2.11. The van der Waals surface area contributed by atoms with Crippen molar-refractivity contribution in [1.29, 1.82) is 0 Å². The third kappa shape index (κ3) is 2.81. The van der Waals surface area contributed by atoms with Gasteiger partial charge in [0.05, 0.1) is 5.56 Å². The lowest BCUT2D eigenvalue weighted by Gasteiger charge is -2.29. The maximum atomic E-state index is 10.9. The fraction of sp³-hybridized carbons (Fsp3) is 0.571. The molecule has 0 unspecified atom stereocenters. The molecular formula is C14H20N2O2. The van der Waals surface area contributed by atoms with Crippen LogP contribution in [0.2, 0.25) is 0 Å². The van der Waals surface area contributed by atoms with E-state index in [1.165, 1.54) is 19.0 Å². The number of pyridine rings is 1. The van der Waals surface area contributed by atoms with E-state index in [0.29, 0.717) is 6.04 Å². The molecule has 0 amide bonds. The van der Waals surface area contributed by atoms with Gasteiger partial charge in [0, 0.05) is 18.8 Å². The van der Waals surface area contributed by atoms with Crippen molar-refractivity contribution in [2.45, 2.75) is 39.7 Å². The van der Waals surface area contributed by atoms with E-state index in [9.17, 15) is 4.79 Å². The normalized spacial score (nSPS) is 14.9. The maximum Gasteiger partial charge on any atom is 0.337 e. The molecule has 1 fully saturated rings. The molecule has 0 radical (unpaired) electrons. The van der Waals surface area contributed by atoms with E-state index in [1.807, 2.05) is 6.92 Å². The van der Waals surface area contributed by atoms with Crippen LogP contribution in [0.5, 0.6) is 0 Å². The molecular weight excluding hydrogens is 228 g/mol. The Bertz CT molecular complexity index is 453. The van der Waals surface area contributed by atoms with Crippen LogP contribution in [0.15, 0.2) is 12.3 Å². The largest absolute Gasteiger partial charge is 0.478 e. The summed E-state index contributed by atoms with van der Waals surface area (Å²) in [5, 5.41) is 8.95. The summed E-state index contributed by atoms with van der Waals surface area (Å²) in [6.07, 6.45) is 4.05. The van der Waals surface area contributed by atoms with Gasteiger partial charge in [-0.3, -0.25) is 0 Å². The van der Waals surface area contributed by atoms with Crippen LogP contribution >= 0.6 is 0 Å². The lowest BCUT2D eigenvalue weighted by molar-refractivity contribution is 0.0696. The first-order valence-electron chi connectivity index (χ1n) is 6.45. The molecule has 98 valence electrons. The Morgan fingerprint density at radius 1 is 1.56 bits per heavy atom. The quantitative estimate of drug-likeness (QED) is 0.870. The van der Waals surface area contributed by atoms with Crippen molar-refractivity contribution in [3.8, 4) is 0 Å². The zero-order valence-corrected chi connectivity index (χ0v) is 11.2. The van der Waals surface area contributed by atoms with Gasteiger partial charge in [0.1, 0.15) is 5.82 Å². The van der Waals surface area contributed by atoms with E-state index in [2.05, 4.69) is 23.7 Å². The minimum Gasteiger partial charge on any atom is -0.478 e. The van der Waals surface area contributed by atoms with Crippen LogP contribution < -0.4 is 4.90 Å². The topological polar surface area (TPSA) is 53.4 Å². The van der Waals surface area contributed by atoms with Gasteiger partial charge in [-0.25, -0.2) is 9.78 Å². The molecule has 0 saturated heterocycles. The van der Waals surface area contributed by atoms with Crippen molar-refractivity contribution in [2.24, 2.45) is 5.92 Å². The van der Waals surface area contributed by atoms with E-state index in [1.54, 1.807) is 6.07 Å². The fourth-order valence-corrected chi connectivity index (χ4v) is 2.11. The van der Waals surface area contributed by atoms with Crippen LogP contribution in [0.3, 0.4) is 0 Å². The molecule has 0 atom stereocenters. The van der Waals surface area contributed by atoms with Gasteiger partial charge in [0.2, 0.25) is 0 Å². The van der Waals surface area contributed by atoms with Crippen molar-refractivity contribution in [2.75, 3.05) is 11.4 Å². The van der Waals surface area contributed by atoms with Crippen LogP contribution in [0.4, 0.5) is 5.82 Å². The Morgan fingerprint density at radius 3 is 2.67 bits per heavy atom. The standard InChI is InChI=1S/C14H20N2O2/c1-9(2)16(8-11-4-5-11)13-10(3)6-12(7-15-13)14(17)18/h6-7,9,11H,4-5,8H2,1-3H3,(H,17,18). The number of anilines is 1. The van der Waals surface area contributed by atoms with Crippen molar-refractivity contribution < 1.29 is 9.90 Å². The third-order valence-corrected chi connectivity index (χ3v) is 3.34. The average molecular weight is 248 g/mol. The second kappa shape index (κ2) is 4.96. The van der Waals surface area contributed by atoms with Gasteiger partial charge in [0.25, 0.3) is 0 Å². The number of carboxylic acids is 1. The molecule has 0 aromatic carbocycles. The third-order valence-electron chi connectivity index (χ3n) is 3.34. The van der Waals surface area contributed by atoms with Crippen molar-refractivity contribution >= 4 is 11.8 Å². The number of rotatable bonds is 5. The molecule has 1 aromatic rings. The van der Waals surface area contributed by atoms with Gasteiger partial charge >= 0.3 is 5.97 Å². The molecule has 0 aliphatic heterocycles. The van der Waals surface area contributed by atoms with Crippen LogP contribution in [0.25, 0.3) is 0 Å². The van der Waals surface area contributed by atoms with Crippen molar-refractivity contribution in [1.82, 2.24) is 4.98 Å². The van der Waals surface area contributed by atoms with Gasteiger partial charge in [-0.15, -0.1) is 0 Å². The molecule has 0 bridgehead atoms. The highest BCUT2D eigenvalue weighted by atomic mass is 16.4.